The zero-order chi connectivity index (χ0) is 16.8. The van der Waals surface area contributed by atoms with Crippen LogP contribution in [0.1, 0.15) is 25.0 Å². The van der Waals surface area contributed by atoms with E-state index >= 15 is 0 Å². The van der Waals surface area contributed by atoms with E-state index in [0.29, 0.717) is 0 Å². The molecule has 1 aliphatic heterocycles. The summed E-state index contributed by atoms with van der Waals surface area (Å²) in [5.74, 6) is 0.224. The summed E-state index contributed by atoms with van der Waals surface area (Å²) in [6, 6.07) is 10.4. The van der Waals surface area contributed by atoms with Crippen LogP contribution < -0.4 is 4.90 Å². The quantitative estimate of drug-likeness (QED) is 0.719. The van der Waals surface area contributed by atoms with Crippen molar-refractivity contribution in [1.29, 1.82) is 0 Å². The number of anilines is 1. The minimum atomic E-state index is 0.0250. The van der Waals surface area contributed by atoms with Crippen molar-refractivity contribution >= 4 is 17.2 Å². The maximum absolute atomic E-state index is 12.3. The predicted octanol–water partition coefficient (Wildman–Crippen LogP) is 3.85. The molecule has 0 unspecified atom stereocenters. The Morgan fingerprint density at radius 1 is 1.25 bits per heavy atom. The molecule has 0 N–H and O–H groups in total. The highest BCUT2D eigenvalue weighted by molar-refractivity contribution is 5.97. The zero-order valence-corrected chi connectivity index (χ0v) is 14.3. The van der Waals surface area contributed by atoms with Gasteiger partial charge in [-0.1, -0.05) is 26.0 Å². The average Bonchev–Trinajstić information content (AvgIpc) is 3.18. The molecule has 0 atom stereocenters. The van der Waals surface area contributed by atoms with Gasteiger partial charge >= 0.3 is 0 Å². The number of carbonyl (C=O) groups excluding carboxylic acids is 1. The van der Waals surface area contributed by atoms with Crippen LogP contribution in [0.3, 0.4) is 0 Å². The third-order valence-electron chi connectivity index (χ3n) is 4.71. The number of imidazole rings is 1. The molecule has 1 amide bonds. The fourth-order valence-corrected chi connectivity index (χ4v) is 3.39. The summed E-state index contributed by atoms with van der Waals surface area (Å²) in [6.07, 6.45) is 5.00. The van der Waals surface area contributed by atoms with Gasteiger partial charge in [0.2, 0.25) is 5.91 Å². The van der Waals surface area contributed by atoms with E-state index < -0.39 is 0 Å². The van der Waals surface area contributed by atoms with Crippen LogP contribution >= 0.6 is 0 Å². The molecule has 1 aromatic carbocycles. The zero-order valence-electron chi connectivity index (χ0n) is 14.3. The highest BCUT2D eigenvalue weighted by Crippen LogP contribution is 2.33. The van der Waals surface area contributed by atoms with Gasteiger partial charge < -0.3 is 9.30 Å². The van der Waals surface area contributed by atoms with E-state index in [0.717, 1.165) is 35.6 Å². The minimum absolute atomic E-state index is 0.0250. The molecule has 4 nitrogen and oxygen atoms in total. The smallest absolute Gasteiger partial charge is 0.229 e. The molecule has 0 saturated carbocycles. The highest BCUT2D eigenvalue weighted by Gasteiger charge is 2.26. The first-order chi connectivity index (χ1) is 11.5. The van der Waals surface area contributed by atoms with Gasteiger partial charge in [-0.3, -0.25) is 4.79 Å². The Kier molecular flexibility index (Phi) is 3.41. The molecule has 0 radical (unpaired) electrons. The van der Waals surface area contributed by atoms with E-state index in [1.54, 1.807) is 0 Å². The van der Waals surface area contributed by atoms with Crippen LogP contribution in [-0.4, -0.2) is 21.8 Å². The van der Waals surface area contributed by atoms with Crippen LogP contribution in [0.15, 0.2) is 42.7 Å². The van der Waals surface area contributed by atoms with Crippen molar-refractivity contribution in [2.45, 2.75) is 27.2 Å². The number of hydrogen-bond donors (Lipinski definition) is 0. The number of hydrogen-bond acceptors (Lipinski definition) is 2. The molecule has 0 fully saturated rings. The number of amides is 1. The van der Waals surface area contributed by atoms with Crippen LogP contribution in [0, 0.1) is 12.8 Å². The molecule has 4 rings (SSSR count). The van der Waals surface area contributed by atoms with E-state index in [1.807, 2.05) is 31.0 Å². The van der Waals surface area contributed by atoms with Gasteiger partial charge in [0.1, 0.15) is 5.65 Å². The van der Waals surface area contributed by atoms with Crippen molar-refractivity contribution in [3.05, 3.63) is 53.9 Å². The molecule has 122 valence electrons. The summed E-state index contributed by atoms with van der Waals surface area (Å²) in [4.78, 5) is 19.0. The van der Waals surface area contributed by atoms with Crippen LogP contribution in [0.25, 0.3) is 16.9 Å². The van der Waals surface area contributed by atoms with Gasteiger partial charge in [0.15, 0.2) is 0 Å². The first-order valence-electron chi connectivity index (χ1n) is 8.43. The van der Waals surface area contributed by atoms with E-state index in [1.165, 1.54) is 11.1 Å². The number of nitrogens with zero attached hydrogens (tertiary/aromatic N) is 3. The number of carbonyl (C=O) groups is 1. The van der Waals surface area contributed by atoms with Crippen molar-refractivity contribution in [3.8, 4) is 11.3 Å². The lowest BCUT2D eigenvalue weighted by atomic mass is 10.1. The Morgan fingerprint density at radius 3 is 2.83 bits per heavy atom. The normalized spacial score (nSPS) is 13.8. The third-order valence-corrected chi connectivity index (χ3v) is 4.71. The molecular weight excluding hydrogens is 298 g/mol. The van der Waals surface area contributed by atoms with Gasteiger partial charge in [0, 0.05) is 36.1 Å². The SMILES string of the molecule is Cc1cccn2cc(-c3ccc4c(c3)CCN4C(=O)C(C)C)nc12. The van der Waals surface area contributed by atoms with Gasteiger partial charge in [-0.05, 0) is 42.7 Å². The largest absolute Gasteiger partial charge is 0.312 e. The molecule has 3 heterocycles. The van der Waals surface area contributed by atoms with Crippen LogP contribution in [-0.2, 0) is 11.2 Å². The van der Waals surface area contributed by atoms with Crippen molar-refractivity contribution in [1.82, 2.24) is 9.38 Å². The summed E-state index contributed by atoms with van der Waals surface area (Å²) >= 11 is 0. The maximum Gasteiger partial charge on any atom is 0.229 e. The average molecular weight is 319 g/mol. The lowest BCUT2D eigenvalue weighted by Gasteiger charge is -2.19. The van der Waals surface area contributed by atoms with Crippen LogP contribution in [0.5, 0.6) is 0 Å². The Labute approximate surface area is 141 Å². The molecule has 0 bridgehead atoms. The Balaban J connectivity index is 1.73. The first-order valence-corrected chi connectivity index (χ1v) is 8.43. The van der Waals surface area contributed by atoms with Gasteiger partial charge in [0.05, 0.1) is 5.69 Å². The fourth-order valence-electron chi connectivity index (χ4n) is 3.39. The van der Waals surface area contributed by atoms with Crippen LogP contribution in [0.2, 0.25) is 0 Å². The molecule has 1 aliphatic rings. The predicted molar refractivity (Wildman–Crippen MR) is 96.3 cm³/mol. The number of aromatic nitrogens is 2. The minimum Gasteiger partial charge on any atom is -0.312 e. The number of fused-ring (bicyclic) bond motifs is 2. The topological polar surface area (TPSA) is 37.6 Å². The third kappa shape index (κ3) is 2.30. The van der Waals surface area contributed by atoms with Crippen molar-refractivity contribution in [2.24, 2.45) is 5.92 Å². The van der Waals surface area contributed by atoms with E-state index in [2.05, 4.69) is 41.8 Å². The second-order valence-corrected chi connectivity index (χ2v) is 6.79. The van der Waals surface area contributed by atoms with Gasteiger partial charge in [-0.15, -0.1) is 0 Å². The van der Waals surface area contributed by atoms with Crippen molar-refractivity contribution in [3.63, 3.8) is 0 Å². The molecular formula is C20H21N3O. The van der Waals surface area contributed by atoms with Crippen molar-refractivity contribution < 1.29 is 4.79 Å². The Hall–Kier alpha value is -2.62. The molecule has 0 aliphatic carbocycles. The number of rotatable bonds is 2. The lowest BCUT2D eigenvalue weighted by Crippen LogP contribution is -2.32. The maximum atomic E-state index is 12.3. The molecule has 0 saturated heterocycles. The standard InChI is InChI=1S/C20H21N3O/c1-13(2)20(24)23-10-8-16-11-15(6-7-18(16)23)17-12-22-9-4-5-14(3)19(22)21-17/h4-7,9,11-13H,8,10H2,1-3H3. The van der Waals surface area contributed by atoms with E-state index in [9.17, 15) is 4.79 Å². The van der Waals surface area contributed by atoms with Crippen LogP contribution in [0.4, 0.5) is 5.69 Å². The monoisotopic (exact) mass is 319 g/mol. The van der Waals surface area contributed by atoms with Gasteiger partial charge in [-0.2, -0.15) is 0 Å². The Bertz CT molecular complexity index is 939. The first kappa shape index (κ1) is 14.9. The summed E-state index contributed by atoms with van der Waals surface area (Å²) in [5.41, 5.74) is 6.52. The molecule has 3 aromatic rings. The summed E-state index contributed by atoms with van der Waals surface area (Å²) < 4.78 is 2.06. The Morgan fingerprint density at radius 2 is 2.08 bits per heavy atom. The molecule has 0 spiro atoms. The summed E-state index contributed by atoms with van der Waals surface area (Å²) in [5, 5.41) is 0. The number of aryl methyl sites for hydroxylation is 1. The second-order valence-electron chi connectivity index (χ2n) is 6.79. The second kappa shape index (κ2) is 5.48. The van der Waals surface area contributed by atoms with Crippen molar-refractivity contribution in [2.75, 3.05) is 11.4 Å². The summed E-state index contributed by atoms with van der Waals surface area (Å²) in [6.45, 7) is 6.76. The van der Waals surface area contributed by atoms with Gasteiger partial charge in [-0.25, -0.2) is 4.98 Å². The highest BCUT2D eigenvalue weighted by atomic mass is 16.2. The molecule has 4 heteroatoms. The van der Waals surface area contributed by atoms with E-state index in [4.69, 9.17) is 4.98 Å². The summed E-state index contributed by atoms with van der Waals surface area (Å²) in [7, 11) is 0. The fraction of sp³-hybridized carbons (Fsp3) is 0.300. The number of pyridine rings is 1. The molecule has 24 heavy (non-hydrogen) atoms. The lowest BCUT2D eigenvalue weighted by molar-refractivity contribution is -0.121. The van der Waals surface area contributed by atoms with E-state index in [-0.39, 0.29) is 11.8 Å². The number of benzene rings is 1. The molecule has 2 aromatic heterocycles. The van der Waals surface area contributed by atoms with Gasteiger partial charge in [0.25, 0.3) is 0 Å².